The number of thioether (sulfide) groups is 1. The predicted octanol–water partition coefficient (Wildman–Crippen LogP) is 5.29. The average Bonchev–Trinajstić information content (AvgIpc) is 2.98. The summed E-state index contributed by atoms with van der Waals surface area (Å²) in [6.45, 7) is 2.59. The molecule has 1 aromatic heterocycles. The van der Waals surface area contributed by atoms with Gasteiger partial charge in [-0.05, 0) is 50.3 Å². The molecule has 3 aromatic rings. The molecule has 8 heteroatoms. The Hall–Kier alpha value is -3.49. The molecular weight excluding hydrogens is 510 g/mol. The molecule has 2 aromatic carbocycles. The summed E-state index contributed by atoms with van der Waals surface area (Å²) >= 11 is 1.17. The van der Waals surface area contributed by atoms with Gasteiger partial charge >= 0.3 is 0 Å². The van der Waals surface area contributed by atoms with E-state index in [4.69, 9.17) is 4.74 Å². The maximum atomic E-state index is 14.0. The highest BCUT2D eigenvalue weighted by Gasteiger charge is 2.43. The molecule has 0 radical (unpaired) electrons. The molecule has 1 aliphatic rings. The van der Waals surface area contributed by atoms with Gasteiger partial charge in [-0.3, -0.25) is 19.4 Å². The summed E-state index contributed by atoms with van der Waals surface area (Å²) in [5.74, 6) is -0.173. The summed E-state index contributed by atoms with van der Waals surface area (Å²) in [6, 6.07) is 21.4. The van der Waals surface area contributed by atoms with Gasteiger partial charge in [-0.2, -0.15) is 0 Å². The first kappa shape index (κ1) is 28.5. The molecule has 1 heterocycles. The van der Waals surface area contributed by atoms with Crippen LogP contribution in [0.25, 0.3) is 0 Å². The van der Waals surface area contributed by atoms with Gasteiger partial charge in [-0.25, -0.2) is 0 Å². The van der Waals surface area contributed by atoms with E-state index in [2.05, 4.69) is 15.6 Å². The lowest BCUT2D eigenvalue weighted by atomic mass is 9.73. The maximum absolute atomic E-state index is 14.0. The third kappa shape index (κ3) is 8.00. The molecule has 0 aliphatic heterocycles. The van der Waals surface area contributed by atoms with Gasteiger partial charge in [0.25, 0.3) is 0 Å². The molecular formula is C31H35N3O4S. The number of ether oxygens (including phenoxy) is 1. The summed E-state index contributed by atoms with van der Waals surface area (Å²) in [6.07, 6.45) is 6.27. The van der Waals surface area contributed by atoms with Gasteiger partial charge in [0, 0.05) is 30.5 Å². The van der Waals surface area contributed by atoms with Crippen molar-refractivity contribution in [2.45, 2.75) is 51.2 Å². The highest BCUT2D eigenvalue weighted by Crippen LogP contribution is 2.41. The topological polar surface area (TPSA) is 97.4 Å². The normalized spacial score (nSPS) is 19.6. The first-order chi connectivity index (χ1) is 19.0. The summed E-state index contributed by atoms with van der Waals surface area (Å²) in [7, 11) is 0. The number of rotatable bonds is 11. The van der Waals surface area contributed by atoms with Crippen LogP contribution in [0.3, 0.4) is 0 Å². The lowest BCUT2D eigenvalue weighted by Gasteiger charge is -2.39. The van der Waals surface area contributed by atoms with Crippen molar-refractivity contribution in [2.75, 3.05) is 17.7 Å². The Morgan fingerprint density at radius 1 is 1.00 bits per heavy atom. The molecule has 0 spiro atoms. The summed E-state index contributed by atoms with van der Waals surface area (Å²) in [5.41, 5.74) is 1.32. The Kier molecular flexibility index (Phi) is 10.3. The van der Waals surface area contributed by atoms with E-state index in [-0.39, 0.29) is 23.0 Å². The second-order valence-electron chi connectivity index (χ2n) is 9.82. The third-order valence-electron chi connectivity index (χ3n) is 7.10. The first-order valence-corrected chi connectivity index (χ1v) is 14.4. The monoisotopic (exact) mass is 545 g/mol. The number of pyridine rings is 1. The Balaban J connectivity index is 1.53. The Bertz CT molecular complexity index is 1220. The van der Waals surface area contributed by atoms with Gasteiger partial charge in [0.1, 0.15) is 6.04 Å². The van der Waals surface area contributed by atoms with E-state index in [1.54, 1.807) is 36.7 Å². The summed E-state index contributed by atoms with van der Waals surface area (Å²) < 4.78 is 5.84. The van der Waals surface area contributed by atoms with Crippen LogP contribution in [-0.4, -0.2) is 46.4 Å². The first-order valence-electron chi connectivity index (χ1n) is 13.4. The molecule has 1 atom stereocenters. The smallest absolute Gasteiger partial charge is 0.247 e. The number of hydrogen-bond donors (Lipinski definition) is 2. The molecule has 1 aliphatic carbocycles. The fourth-order valence-corrected chi connectivity index (χ4v) is 6.01. The standard InChI is InChI=1S/C31H35N3O4S/c1-2-38-26-15-17-31(18-16-26,22-39-29(36)24-12-7-4-8-13-24)30(37)34-27(20-23-10-5-3-6-11-23)28(35)33-25-14-9-19-32-21-25/h3-14,19,21,26-27H,2,15-18,20,22H2,1H3,(H,33,35)(H,34,37)/t26?,27-,31?/m0/s1. The van der Waals surface area contributed by atoms with Crippen molar-refractivity contribution in [1.29, 1.82) is 0 Å². The molecule has 0 unspecified atom stereocenters. The van der Waals surface area contributed by atoms with Gasteiger partial charge in [-0.1, -0.05) is 72.4 Å². The van der Waals surface area contributed by atoms with Crippen LogP contribution in [0.5, 0.6) is 0 Å². The number of hydrogen-bond acceptors (Lipinski definition) is 6. The predicted molar refractivity (Wildman–Crippen MR) is 154 cm³/mol. The van der Waals surface area contributed by atoms with Crippen molar-refractivity contribution in [2.24, 2.45) is 5.41 Å². The molecule has 7 nitrogen and oxygen atoms in total. The lowest BCUT2D eigenvalue weighted by Crippen LogP contribution is -2.53. The van der Waals surface area contributed by atoms with Crippen LogP contribution in [0.2, 0.25) is 0 Å². The average molecular weight is 546 g/mol. The number of nitrogens with zero attached hydrogens (tertiary/aromatic N) is 1. The molecule has 2 N–H and O–H groups in total. The quantitative estimate of drug-likeness (QED) is 0.340. The van der Waals surface area contributed by atoms with E-state index in [9.17, 15) is 14.4 Å². The minimum atomic E-state index is -0.795. The van der Waals surface area contributed by atoms with Gasteiger partial charge in [0.05, 0.1) is 23.4 Å². The molecule has 2 amide bonds. The second kappa shape index (κ2) is 14.1. The van der Waals surface area contributed by atoms with Gasteiger partial charge in [-0.15, -0.1) is 0 Å². The van der Waals surface area contributed by atoms with Crippen LogP contribution >= 0.6 is 11.8 Å². The molecule has 1 fully saturated rings. The number of nitrogens with one attached hydrogen (secondary N) is 2. The SMILES string of the molecule is CCOC1CCC(CSC(=O)c2ccccc2)(C(=O)N[C@@H](Cc2ccccc2)C(=O)Nc2cccnc2)CC1. The van der Waals surface area contributed by atoms with Crippen LogP contribution in [0, 0.1) is 5.41 Å². The van der Waals surface area contributed by atoms with Crippen molar-refractivity contribution in [3.63, 3.8) is 0 Å². The van der Waals surface area contributed by atoms with E-state index in [1.807, 2.05) is 55.5 Å². The number of aromatic nitrogens is 1. The largest absolute Gasteiger partial charge is 0.379 e. The molecule has 1 saturated carbocycles. The van der Waals surface area contributed by atoms with Crippen LogP contribution in [0.1, 0.15) is 48.5 Å². The van der Waals surface area contributed by atoms with Crippen molar-refractivity contribution in [3.8, 4) is 0 Å². The lowest BCUT2D eigenvalue weighted by molar-refractivity contribution is -0.136. The zero-order valence-electron chi connectivity index (χ0n) is 22.2. The van der Waals surface area contributed by atoms with Gasteiger partial charge < -0.3 is 15.4 Å². The maximum Gasteiger partial charge on any atom is 0.247 e. The van der Waals surface area contributed by atoms with E-state index < -0.39 is 11.5 Å². The van der Waals surface area contributed by atoms with Crippen molar-refractivity contribution >= 4 is 34.4 Å². The minimum absolute atomic E-state index is 0.0649. The van der Waals surface area contributed by atoms with E-state index >= 15 is 0 Å². The molecule has 0 bridgehead atoms. The zero-order chi connectivity index (χ0) is 27.5. The van der Waals surface area contributed by atoms with Crippen molar-refractivity contribution in [3.05, 3.63) is 96.3 Å². The molecule has 204 valence electrons. The Labute approximate surface area is 234 Å². The summed E-state index contributed by atoms with van der Waals surface area (Å²) in [4.78, 5) is 44.4. The number of carbonyl (C=O) groups is 3. The van der Waals surface area contributed by atoms with E-state index in [0.717, 1.165) is 18.4 Å². The zero-order valence-corrected chi connectivity index (χ0v) is 23.0. The molecule has 39 heavy (non-hydrogen) atoms. The Morgan fingerprint density at radius 3 is 2.33 bits per heavy atom. The van der Waals surface area contributed by atoms with Crippen molar-refractivity contribution < 1.29 is 19.1 Å². The number of carbonyl (C=O) groups excluding carboxylic acids is 3. The third-order valence-corrected chi connectivity index (χ3v) is 8.29. The highest BCUT2D eigenvalue weighted by atomic mass is 32.2. The number of amides is 2. The molecule has 0 saturated heterocycles. The minimum Gasteiger partial charge on any atom is -0.379 e. The fraction of sp³-hybridized carbons (Fsp3) is 0.355. The van der Waals surface area contributed by atoms with Crippen LogP contribution in [-0.2, 0) is 20.7 Å². The van der Waals surface area contributed by atoms with Gasteiger partial charge in [0.2, 0.25) is 16.9 Å². The van der Waals surface area contributed by atoms with E-state index in [1.165, 1.54) is 11.8 Å². The van der Waals surface area contributed by atoms with Gasteiger partial charge in [0.15, 0.2) is 0 Å². The number of anilines is 1. The van der Waals surface area contributed by atoms with Crippen molar-refractivity contribution in [1.82, 2.24) is 10.3 Å². The van der Waals surface area contributed by atoms with Crippen LogP contribution in [0.15, 0.2) is 85.2 Å². The summed E-state index contributed by atoms with van der Waals surface area (Å²) in [5, 5.41) is 5.89. The van der Waals surface area contributed by atoms with Crippen LogP contribution in [0.4, 0.5) is 5.69 Å². The second-order valence-corrected chi connectivity index (χ2v) is 10.8. The fourth-order valence-electron chi connectivity index (χ4n) is 4.88. The Morgan fingerprint density at radius 2 is 1.69 bits per heavy atom. The van der Waals surface area contributed by atoms with E-state index in [0.29, 0.717) is 42.9 Å². The van der Waals surface area contributed by atoms with Crippen LogP contribution < -0.4 is 10.6 Å². The number of benzene rings is 2. The highest BCUT2D eigenvalue weighted by molar-refractivity contribution is 8.14. The molecule has 4 rings (SSSR count).